The Morgan fingerprint density at radius 1 is 1.24 bits per heavy atom. The average molecular weight is 516 g/mol. The summed E-state index contributed by atoms with van der Waals surface area (Å²) < 4.78 is 14.2. The van der Waals surface area contributed by atoms with Gasteiger partial charge in [0, 0.05) is 33.1 Å². The summed E-state index contributed by atoms with van der Waals surface area (Å²) in [6, 6.07) is 5.09. The molecule has 2 saturated heterocycles. The first-order chi connectivity index (χ1) is 17.5. The molecule has 2 fully saturated rings. The second-order valence-electron chi connectivity index (χ2n) is 10.7. The number of amides is 3. The van der Waals surface area contributed by atoms with Gasteiger partial charge >= 0.3 is 11.8 Å². The molecule has 3 amide bonds. The predicted octanol–water partition coefficient (Wildman–Crippen LogP) is 1.48. The first-order valence-corrected chi connectivity index (χ1v) is 12.9. The van der Waals surface area contributed by atoms with E-state index in [2.05, 4.69) is 15.5 Å². The lowest BCUT2D eigenvalue weighted by molar-refractivity contribution is -0.135. The molecular formula is C26H37N5O6. The number of alkyl carbamates (subject to hydrolysis) is 1. The molecule has 4 rings (SSSR count). The number of piperidine rings is 1. The Kier molecular flexibility index (Phi) is 8.03. The van der Waals surface area contributed by atoms with Gasteiger partial charge in [0.1, 0.15) is 11.6 Å². The summed E-state index contributed by atoms with van der Waals surface area (Å²) in [6.45, 7) is 8.85. The molecule has 2 aromatic rings. The number of morpholine rings is 1. The number of carbonyl (C=O) groups is 3. The molecule has 0 radical (unpaired) electrons. The van der Waals surface area contributed by atoms with E-state index in [0.29, 0.717) is 31.6 Å². The average Bonchev–Trinajstić information content (AvgIpc) is 3.08. The highest BCUT2D eigenvalue weighted by Crippen LogP contribution is 2.25. The molecule has 0 spiro atoms. The van der Waals surface area contributed by atoms with Crippen molar-refractivity contribution in [3.05, 3.63) is 34.2 Å². The standard InChI is InChI=1S/C26H37N5O6/c1-26(2,3)37-24(34)27-15-18-16-30(13-14-36-18)12-6-8-17-7-5-9-19-22(17)29(4)25(35)31(19)20-10-11-21(32)28-23(20)33/h5,7,9,18,20H,6,8,10-16H2,1-4H3,(H,27,34)(H,28,32,33)/t18-,20?/m1/s1. The fourth-order valence-electron chi connectivity index (χ4n) is 5.06. The SMILES string of the molecule is Cn1c(=O)n(C2CCC(=O)NC2=O)c2cccc(CCCN3CCO[C@H](CNC(=O)OC(C)(C)C)C3)c21. The molecule has 2 aliphatic heterocycles. The number of nitrogens with zero attached hydrogens (tertiary/aromatic N) is 3. The molecule has 0 bridgehead atoms. The first-order valence-electron chi connectivity index (χ1n) is 12.9. The highest BCUT2D eigenvalue weighted by Gasteiger charge is 2.31. The van der Waals surface area contributed by atoms with Gasteiger partial charge in [-0.3, -0.25) is 28.9 Å². The Labute approximate surface area is 216 Å². The van der Waals surface area contributed by atoms with Gasteiger partial charge in [-0.2, -0.15) is 0 Å². The number of carbonyl (C=O) groups excluding carboxylic acids is 3. The maximum absolute atomic E-state index is 13.1. The van der Waals surface area contributed by atoms with E-state index in [1.54, 1.807) is 11.6 Å². The molecule has 11 nitrogen and oxygen atoms in total. The lowest BCUT2D eigenvalue weighted by Crippen LogP contribution is -2.48. The molecular weight excluding hydrogens is 478 g/mol. The first kappa shape index (κ1) is 26.9. The number of aryl methyl sites for hydroxylation is 2. The summed E-state index contributed by atoms with van der Waals surface area (Å²) in [5.41, 5.74) is 1.77. The van der Waals surface area contributed by atoms with Crippen LogP contribution in [0.3, 0.4) is 0 Å². The molecule has 1 aromatic heterocycles. The maximum atomic E-state index is 13.1. The summed E-state index contributed by atoms with van der Waals surface area (Å²) in [7, 11) is 1.72. The van der Waals surface area contributed by atoms with Gasteiger partial charge in [-0.15, -0.1) is 0 Å². The Morgan fingerprint density at radius 2 is 2.03 bits per heavy atom. The summed E-state index contributed by atoms with van der Waals surface area (Å²) >= 11 is 0. The molecule has 11 heteroatoms. The number of fused-ring (bicyclic) bond motifs is 1. The number of imide groups is 1. The van der Waals surface area contributed by atoms with Crippen molar-refractivity contribution in [1.29, 1.82) is 0 Å². The number of hydrogen-bond acceptors (Lipinski definition) is 7. The normalized spacial score (nSPS) is 21.2. The lowest BCUT2D eigenvalue weighted by atomic mass is 10.0. The second-order valence-corrected chi connectivity index (χ2v) is 10.7. The zero-order chi connectivity index (χ0) is 26.7. The minimum absolute atomic E-state index is 0.104. The monoisotopic (exact) mass is 515 g/mol. The van der Waals surface area contributed by atoms with Crippen LogP contribution >= 0.6 is 0 Å². The van der Waals surface area contributed by atoms with Gasteiger partial charge in [0.2, 0.25) is 11.8 Å². The number of para-hydroxylation sites is 1. The summed E-state index contributed by atoms with van der Waals surface area (Å²) in [6.07, 6.45) is 1.62. The quantitative estimate of drug-likeness (QED) is 0.535. The molecule has 202 valence electrons. The van der Waals surface area contributed by atoms with Crippen LogP contribution < -0.4 is 16.3 Å². The van der Waals surface area contributed by atoms with Crippen molar-refractivity contribution in [1.82, 2.24) is 24.7 Å². The third-order valence-corrected chi connectivity index (χ3v) is 6.72. The van der Waals surface area contributed by atoms with Crippen molar-refractivity contribution in [2.45, 2.75) is 64.2 Å². The molecule has 1 aromatic carbocycles. The number of ether oxygens (including phenoxy) is 2. The van der Waals surface area contributed by atoms with E-state index in [0.717, 1.165) is 37.0 Å². The fourth-order valence-corrected chi connectivity index (χ4v) is 5.06. The number of hydrogen-bond donors (Lipinski definition) is 2. The lowest BCUT2D eigenvalue weighted by Gasteiger charge is -2.33. The van der Waals surface area contributed by atoms with E-state index in [4.69, 9.17) is 9.47 Å². The number of rotatable bonds is 7. The second kappa shape index (κ2) is 11.1. The molecule has 2 atom stereocenters. The number of nitrogens with one attached hydrogen (secondary N) is 2. The van der Waals surface area contributed by atoms with Gasteiger partial charge < -0.3 is 14.8 Å². The van der Waals surface area contributed by atoms with Crippen LogP contribution in [-0.2, 0) is 32.5 Å². The van der Waals surface area contributed by atoms with Crippen LogP contribution in [0.4, 0.5) is 4.79 Å². The van der Waals surface area contributed by atoms with Gasteiger partial charge in [0.15, 0.2) is 0 Å². The molecule has 1 unspecified atom stereocenters. The van der Waals surface area contributed by atoms with Crippen LogP contribution in [0.25, 0.3) is 11.0 Å². The van der Waals surface area contributed by atoms with E-state index < -0.39 is 23.6 Å². The third kappa shape index (κ3) is 6.40. The van der Waals surface area contributed by atoms with E-state index in [-0.39, 0.29) is 24.1 Å². The Balaban J connectivity index is 1.37. The summed E-state index contributed by atoms with van der Waals surface area (Å²) in [5, 5.41) is 5.13. The summed E-state index contributed by atoms with van der Waals surface area (Å²) in [5.74, 6) is -0.736. The van der Waals surface area contributed by atoms with Crippen LogP contribution in [0.2, 0.25) is 0 Å². The van der Waals surface area contributed by atoms with E-state index in [9.17, 15) is 19.2 Å². The van der Waals surface area contributed by atoms with Crippen molar-refractivity contribution in [3.8, 4) is 0 Å². The minimum Gasteiger partial charge on any atom is -0.444 e. The number of aromatic nitrogens is 2. The predicted molar refractivity (Wildman–Crippen MR) is 137 cm³/mol. The molecule has 2 N–H and O–H groups in total. The Bertz CT molecular complexity index is 1230. The van der Waals surface area contributed by atoms with Crippen molar-refractivity contribution in [2.75, 3.05) is 32.8 Å². The molecule has 3 heterocycles. The topological polar surface area (TPSA) is 124 Å². The van der Waals surface area contributed by atoms with Crippen LogP contribution in [0.15, 0.2) is 23.0 Å². The van der Waals surface area contributed by atoms with Crippen LogP contribution in [0.5, 0.6) is 0 Å². The van der Waals surface area contributed by atoms with Gasteiger partial charge in [-0.1, -0.05) is 12.1 Å². The third-order valence-electron chi connectivity index (χ3n) is 6.72. The zero-order valence-electron chi connectivity index (χ0n) is 22.0. The zero-order valence-corrected chi connectivity index (χ0v) is 22.0. The van der Waals surface area contributed by atoms with E-state index in [1.807, 2.05) is 39.0 Å². The van der Waals surface area contributed by atoms with E-state index >= 15 is 0 Å². The highest BCUT2D eigenvalue weighted by molar-refractivity contribution is 6.00. The highest BCUT2D eigenvalue weighted by atomic mass is 16.6. The minimum atomic E-state index is -0.691. The number of benzene rings is 1. The maximum Gasteiger partial charge on any atom is 0.407 e. The smallest absolute Gasteiger partial charge is 0.407 e. The van der Waals surface area contributed by atoms with Gasteiger partial charge in [0.05, 0.1) is 23.7 Å². The summed E-state index contributed by atoms with van der Waals surface area (Å²) in [4.78, 5) is 51.4. The Hall–Kier alpha value is -3.18. The van der Waals surface area contributed by atoms with Crippen molar-refractivity contribution >= 4 is 28.9 Å². The van der Waals surface area contributed by atoms with Crippen molar-refractivity contribution in [2.24, 2.45) is 7.05 Å². The molecule has 37 heavy (non-hydrogen) atoms. The fraction of sp³-hybridized carbons (Fsp3) is 0.615. The van der Waals surface area contributed by atoms with E-state index in [1.165, 1.54) is 4.57 Å². The van der Waals surface area contributed by atoms with Crippen LogP contribution in [0.1, 0.15) is 51.6 Å². The number of imidazole rings is 1. The molecule has 0 saturated carbocycles. The van der Waals surface area contributed by atoms with Gasteiger partial charge in [0.25, 0.3) is 0 Å². The van der Waals surface area contributed by atoms with Gasteiger partial charge in [-0.25, -0.2) is 9.59 Å². The van der Waals surface area contributed by atoms with Gasteiger partial charge in [-0.05, 0) is 58.2 Å². The largest absolute Gasteiger partial charge is 0.444 e. The van der Waals surface area contributed by atoms with Crippen LogP contribution in [0, 0.1) is 0 Å². The van der Waals surface area contributed by atoms with Crippen molar-refractivity contribution in [3.63, 3.8) is 0 Å². The van der Waals surface area contributed by atoms with Crippen LogP contribution in [-0.4, -0.2) is 76.4 Å². The molecule has 0 aliphatic carbocycles. The Morgan fingerprint density at radius 3 is 2.76 bits per heavy atom. The van der Waals surface area contributed by atoms with Crippen molar-refractivity contribution < 1.29 is 23.9 Å². The molecule has 2 aliphatic rings.